The Labute approximate surface area is 130 Å². The van der Waals surface area contributed by atoms with Crippen LogP contribution in [-0.4, -0.2) is 24.8 Å². The van der Waals surface area contributed by atoms with Gasteiger partial charge in [-0.3, -0.25) is 0 Å². The molecule has 0 spiro atoms. The Bertz CT molecular complexity index is 736. The van der Waals surface area contributed by atoms with Gasteiger partial charge in [0.15, 0.2) is 11.6 Å². The number of alkyl halides is 1. The van der Waals surface area contributed by atoms with Crippen LogP contribution >= 0.6 is 22.9 Å². The molecule has 1 heterocycles. The Balaban J connectivity index is 2.41. The minimum absolute atomic E-state index is 0.0298. The zero-order chi connectivity index (χ0) is 15.6. The normalized spacial score (nSPS) is 12.0. The maximum atomic E-state index is 13.8. The van der Waals surface area contributed by atoms with Crippen LogP contribution in [-0.2, 0) is 22.4 Å². The summed E-state index contributed by atoms with van der Waals surface area (Å²) in [5.74, 6) is -2.77. The Hall–Kier alpha value is -1.09. The van der Waals surface area contributed by atoms with Crippen molar-refractivity contribution in [3.63, 3.8) is 0 Å². The Kier molecular flexibility index (Phi) is 4.92. The molecule has 1 aromatic carbocycles. The average Bonchev–Trinajstić information content (AvgIpc) is 2.94. The quantitative estimate of drug-likeness (QED) is 0.777. The van der Waals surface area contributed by atoms with E-state index in [0.29, 0.717) is 5.69 Å². The highest BCUT2D eigenvalue weighted by molar-refractivity contribution is 7.89. The van der Waals surface area contributed by atoms with Crippen molar-refractivity contribution in [2.24, 2.45) is 0 Å². The molecule has 114 valence electrons. The average molecular weight is 353 g/mol. The molecule has 4 nitrogen and oxygen atoms in total. The van der Waals surface area contributed by atoms with E-state index in [-0.39, 0.29) is 18.0 Å². The van der Waals surface area contributed by atoms with E-state index >= 15 is 0 Å². The molecule has 0 unspecified atom stereocenters. The lowest BCUT2D eigenvalue weighted by Crippen LogP contribution is -2.27. The maximum absolute atomic E-state index is 13.8. The molecule has 0 bridgehead atoms. The third-order valence-electron chi connectivity index (χ3n) is 2.77. The first-order chi connectivity index (χ1) is 9.86. The molecule has 0 radical (unpaired) electrons. The fourth-order valence-corrected chi connectivity index (χ4v) is 3.64. The van der Waals surface area contributed by atoms with Crippen LogP contribution in [0.25, 0.3) is 0 Å². The summed E-state index contributed by atoms with van der Waals surface area (Å²) in [4.78, 5) is 3.23. The molecule has 9 heteroatoms. The molecule has 1 aromatic heterocycles. The molecule has 2 aromatic rings. The van der Waals surface area contributed by atoms with E-state index in [9.17, 15) is 17.2 Å². The summed E-state index contributed by atoms with van der Waals surface area (Å²) in [5.41, 5.74) is 2.28. The first-order valence-corrected chi connectivity index (χ1v) is 8.65. The molecule has 21 heavy (non-hydrogen) atoms. The number of hydrogen-bond acceptors (Lipinski definition) is 4. The highest BCUT2D eigenvalue weighted by Crippen LogP contribution is 2.24. The summed E-state index contributed by atoms with van der Waals surface area (Å²) in [7, 11) is -2.90. The second kappa shape index (κ2) is 6.35. The number of nitrogens with zero attached hydrogens (tertiary/aromatic N) is 2. The van der Waals surface area contributed by atoms with Crippen molar-refractivity contribution >= 4 is 33.0 Å². The summed E-state index contributed by atoms with van der Waals surface area (Å²) >= 11 is 6.88. The Morgan fingerprint density at radius 2 is 2.10 bits per heavy atom. The van der Waals surface area contributed by atoms with Gasteiger partial charge in [0.1, 0.15) is 4.90 Å². The Morgan fingerprint density at radius 3 is 2.67 bits per heavy atom. The first kappa shape index (κ1) is 16.3. The molecule has 0 aliphatic heterocycles. The van der Waals surface area contributed by atoms with Crippen LogP contribution < -0.4 is 0 Å². The molecule has 2 rings (SSSR count). The first-order valence-electron chi connectivity index (χ1n) is 5.73. The van der Waals surface area contributed by atoms with Crippen LogP contribution in [0.15, 0.2) is 27.9 Å². The fraction of sp³-hybridized carbons (Fsp3) is 0.250. The SMILES string of the molecule is CN(Cc1cscn1)S(=O)(=O)c1cc(CCl)cc(F)c1F. The van der Waals surface area contributed by atoms with E-state index in [1.165, 1.54) is 18.4 Å². The molecule has 0 aliphatic rings. The van der Waals surface area contributed by atoms with Crippen LogP contribution in [0.3, 0.4) is 0 Å². The van der Waals surface area contributed by atoms with Gasteiger partial charge in [0, 0.05) is 18.3 Å². The smallest absolute Gasteiger partial charge is 0.246 e. The van der Waals surface area contributed by atoms with Crippen LogP contribution in [0.5, 0.6) is 0 Å². The Morgan fingerprint density at radius 1 is 1.38 bits per heavy atom. The van der Waals surface area contributed by atoms with Crippen molar-refractivity contribution in [1.82, 2.24) is 9.29 Å². The third kappa shape index (κ3) is 3.39. The molecule has 0 saturated heterocycles. The maximum Gasteiger partial charge on any atom is 0.246 e. The van der Waals surface area contributed by atoms with Crippen LogP contribution in [0.1, 0.15) is 11.3 Å². The van der Waals surface area contributed by atoms with E-state index in [0.717, 1.165) is 16.4 Å². The summed E-state index contributed by atoms with van der Waals surface area (Å²) in [6.07, 6.45) is 0. The number of sulfonamides is 1. The van der Waals surface area contributed by atoms with Gasteiger partial charge in [-0.1, -0.05) is 0 Å². The van der Waals surface area contributed by atoms with Crippen LogP contribution in [0, 0.1) is 11.6 Å². The van der Waals surface area contributed by atoms with Crippen molar-refractivity contribution < 1.29 is 17.2 Å². The zero-order valence-corrected chi connectivity index (χ0v) is 13.3. The van der Waals surface area contributed by atoms with E-state index in [1.807, 2.05) is 0 Å². The highest BCUT2D eigenvalue weighted by atomic mass is 35.5. The van der Waals surface area contributed by atoms with Gasteiger partial charge >= 0.3 is 0 Å². The molecular weight excluding hydrogens is 342 g/mol. The van der Waals surface area contributed by atoms with E-state index in [4.69, 9.17) is 11.6 Å². The lowest BCUT2D eigenvalue weighted by Gasteiger charge is -2.17. The standard InChI is InChI=1S/C12H11ClF2N2O2S2/c1-17(5-9-6-20-7-16-9)21(18,19)11-3-8(4-13)2-10(14)12(11)15/h2-3,6-7H,4-5H2,1H3. The summed E-state index contributed by atoms with van der Waals surface area (Å²) in [5, 5.41) is 1.68. The lowest BCUT2D eigenvalue weighted by molar-refractivity contribution is 0.444. The third-order valence-corrected chi connectivity index (χ3v) is 5.51. The van der Waals surface area contributed by atoms with Crippen LogP contribution in [0.4, 0.5) is 8.78 Å². The van der Waals surface area contributed by atoms with Gasteiger partial charge in [-0.25, -0.2) is 22.2 Å². The molecule has 0 fully saturated rings. The number of thiazole rings is 1. The van der Waals surface area contributed by atoms with E-state index < -0.39 is 26.6 Å². The fourth-order valence-electron chi connectivity index (χ4n) is 1.68. The number of halogens is 3. The van der Waals surface area contributed by atoms with Gasteiger partial charge in [0.2, 0.25) is 10.0 Å². The van der Waals surface area contributed by atoms with Crippen molar-refractivity contribution in [1.29, 1.82) is 0 Å². The summed E-state index contributed by atoms with van der Waals surface area (Å²) < 4.78 is 52.9. The van der Waals surface area contributed by atoms with Crippen molar-refractivity contribution in [3.8, 4) is 0 Å². The van der Waals surface area contributed by atoms with Gasteiger partial charge < -0.3 is 0 Å². The largest absolute Gasteiger partial charge is 0.248 e. The number of rotatable bonds is 5. The van der Waals surface area contributed by atoms with Gasteiger partial charge in [0.25, 0.3) is 0 Å². The molecular formula is C12H11ClF2N2O2S2. The zero-order valence-electron chi connectivity index (χ0n) is 10.9. The van der Waals surface area contributed by atoms with Gasteiger partial charge in [-0.05, 0) is 17.7 Å². The molecule has 0 aliphatic carbocycles. The molecule has 0 amide bonds. The highest BCUT2D eigenvalue weighted by Gasteiger charge is 2.27. The molecule has 0 N–H and O–H groups in total. The number of aromatic nitrogens is 1. The van der Waals surface area contributed by atoms with Crippen molar-refractivity contribution in [3.05, 3.63) is 45.9 Å². The van der Waals surface area contributed by atoms with Crippen molar-refractivity contribution in [2.75, 3.05) is 7.05 Å². The van der Waals surface area contributed by atoms with E-state index in [2.05, 4.69) is 4.98 Å². The molecule has 0 saturated carbocycles. The summed E-state index contributed by atoms with van der Waals surface area (Å²) in [6, 6.07) is 1.92. The van der Waals surface area contributed by atoms with Crippen LogP contribution in [0.2, 0.25) is 0 Å². The number of benzene rings is 1. The molecule has 0 atom stereocenters. The van der Waals surface area contributed by atoms with Gasteiger partial charge in [-0.2, -0.15) is 4.31 Å². The van der Waals surface area contributed by atoms with Gasteiger partial charge in [0.05, 0.1) is 17.7 Å². The summed E-state index contributed by atoms with van der Waals surface area (Å²) in [6.45, 7) is -0.0298. The second-order valence-corrected chi connectivity index (χ2v) is 7.26. The minimum Gasteiger partial charge on any atom is -0.248 e. The van der Waals surface area contributed by atoms with Crippen molar-refractivity contribution in [2.45, 2.75) is 17.3 Å². The predicted octanol–water partition coefficient (Wildman–Crippen LogP) is 2.98. The monoisotopic (exact) mass is 352 g/mol. The van der Waals surface area contributed by atoms with E-state index in [1.54, 1.807) is 10.9 Å². The second-order valence-electron chi connectivity index (χ2n) is 4.26. The topological polar surface area (TPSA) is 50.3 Å². The number of hydrogen-bond donors (Lipinski definition) is 0. The van der Waals surface area contributed by atoms with Gasteiger partial charge in [-0.15, -0.1) is 22.9 Å². The minimum atomic E-state index is -4.18. The lowest BCUT2D eigenvalue weighted by atomic mass is 10.2. The predicted molar refractivity (Wildman–Crippen MR) is 76.7 cm³/mol.